The Morgan fingerprint density at radius 2 is 1.85 bits per heavy atom. The second kappa shape index (κ2) is 9.21. The van der Waals surface area contributed by atoms with Crippen LogP contribution in [-0.4, -0.2) is 32.9 Å². The first kappa shape index (κ1) is 20.5. The lowest BCUT2D eigenvalue weighted by Crippen LogP contribution is -3.07. The second-order valence-electron chi connectivity index (χ2n) is 6.68. The van der Waals surface area contributed by atoms with Crippen LogP contribution >= 0.6 is 23.8 Å². The van der Waals surface area contributed by atoms with Crippen LogP contribution < -0.4 is 20.3 Å². The molecule has 140 valence electrons. The highest BCUT2D eigenvalue weighted by atomic mass is 35.5. The van der Waals surface area contributed by atoms with Gasteiger partial charge in [0.2, 0.25) is 0 Å². The van der Waals surface area contributed by atoms with Gasteiger partial charge in [0, 0.05) is 5.56 Å². The summed E-state index contributed by atoms with van der Waals surface area (Å²) >= 11 is 11.8. The van der Waals surface area contributed by atoms with Gasteiger partial charge in [-0.2, -0.15) is 0 Å². The number of hydrogen-bond acceptors (Lipinski definition) is 2. The summed E-state index contributed by atoms with van der Waals surface area (Å²) in [7, 11) is 5.94. The van der Waals surface area contributed by atoms with Crippen molar-refractivity contribution >= 4 is 34.6 Å². The molecule has 0 aliphatic rings. The summed E-state index contributed by atoms with van der Waals surface area (Å²) in [5.41, 5.74) is 4.29. The quantitative estimate of drug-likeness (QED) is 0.660. The smallest absolute Gasteiger partial charge is 0.171 e. The number of halogens is 1. The molecule has 2 rings (SSSR count). The lowest BCUT2D eigenvalue weighted by atomic mass is 10.1. The zero-order valence-corrected chi connectivity index (χ0v) is 17.5. The molecule has 3 N–H and O–H groups in total. The first-order chi connectivity index (χ1) is 12.3. The fraction of sp³-hybridized carbons (Fsp3) is 0.350. The number of likely N-dealkylation sites (N-methyl/N-ethyl adjacent to an activating group) is 1. The number of rotatable bonds is 6. The maximum atomic E-state index is 6.35. The summed E-state index contributed by atoms with van der Waals surface area (Å²) in [5.74, 6) is 0.857. The lowest BCUT2D eigenvalue weighted by molar-refractivity contribution is -0.890. The summed E-state index contributed by atoms with van der Waals surface area (Å²) in [6.07, 6.45) is 0. The number of methoxy groups -OCH3 is 1. The van der Waals surface area contributed by atoms with E-state index in [9.17, 15) is 0 Å². The van der Waals surface area contributed by atoms with Gasteiger partial charge in [-0.25, -0.2) is 0 Å². The SMILES string of the molecule is COc1ccc([C@H](CNC(=S)Nc2c(C)cc(C)cc2Cl)[NH+](C)C)cc1. The van der Waals surface area contributed by atoms with Crippen LogP contribution in [0.1, 0.15) is 22.7 Å². The topological polar surface area (TPSA) is 37.7 Å². The van der Waals surface area contributed by atoms with Crippen LogP contribution in [0.4, 0.5) is 5.69 Å². The molecule has 0 saturated carbocycles. The Bertz CT molecular complexity index is 739. The Labute approximate surface area is 166 Å². The third-order valence-electron chi connectivity index (χ3n) is 4.35. The Kier molecular flexibility index (Phi) is 7.26. The fourth-order valence-corrected chi connectivity index (χ4v) is 3.47. The lowest BCUT2D eigenvalue weighted by Gasteiger charge is -2.23. The molecular weight excluding hydrogens is 366 g/mol. The average molecular weight is 393 g/mol. The maximum Gasteiger partial charge on any atom is 0.171 e. The van der Waals surface area contributed by atoms with Crippen LogP contribution in [0, 0.1) is 13.8 Å². The molecule has 0 saturated heterocycles. The third kappa shape index (κ3) is 5.34. The molecule has 0 aromatic heterocycles. The summed E-state index contributed by atoms with van der Waals surface area (Å²) in [6.45, 7) is 4.76. The van der Waals surface area contributed by atoms with E-state index in [1.807, 2.05) is 32.0 Å². The minimum atomic E-state index is 0.259. The molecule has 6 heteroatoms. The standard InChI is InChI=1S/C20H26ClN3OS/c1-13-10-14(2)19(17(21)11-13)23-20(26)22-12-18(24(3)4)15-6-8-16(25-5)9-7-15/h6-11,18H,12H2,1-5H3,(H2,22,23,26)/p+1/t18-/m0/s1. The van der Waals surface area contributed by atoms with Crippen molar-refractivity contribution in [3.8, 4) is 5.75 Å². The Morgan fingerprint density at radius 1 is 1.19 bits per heavy atom. The molecule has 0 heterocycles. The van der Waals surface area contributed by atoms with Gasteiger partial charge >= 0.3 is 0 Å². The molecule has 4 nitrogen and oxygen atoms in total. The van der Waals surface area contributed by atoms with E-state index in [2.05, 4.69) is 42.9 Å². The van der Waals surface area contributed by atoms with Crippen LogP contribution in [0.5, 0.6) is 5.75 Å². The third-order valence-corrected chi connectivity index (χ3v) is 4.90. The molecule has 0 bridgehead atoms. The molecule has 0 radical (unpaired) electrons. The Hall–Kier alpha value is -1.82. The number of ether oxygens (including phenoxy) is 1. The molecule has 0 fully saturated rings. The van der Waals surface area contributed by atoms with Gasteiger partial charge in [-0.3, -0.25) is 0 Å². The highest BCUT2D eigenvalue weighted by molar-refractivity contribution is 7.80. The second-order valence-corrected chi connectivity index (χ2v) is 7.49. The van der Waals surface area contributed by atoms with E-state index in [0.717, 1.165) is 22.6 Å². The van der Waals surface area contributed by atoms with E-state index in [4.69, 9.17) is 28.6 Å². The van der Waals surface area contributed by atoms with Crippen LogP contribution in [0.3, 0.4) is 0 Å². The number of thiocarbonyl (C=S) groups is 1. The van der Waals surface area contributed by atoms with E-state index in [-0.39, 0.29) is 6.04 Å². The van der Waals surface area contributed by atoms with Gasteiger partial charge < -0.3 is 20.3 Å². The zero-order chi connectivity index (χ0) is 19.3. The van der Waals surface area contributed by atoms with Crippen LogP contribution in [-0.2, 0) is 0 Å². The highest BCUT2D eigenvalue weighted by Gasteiger charge is 2.18. The predicted octanol–water partition coefficient (Wildman–Crippen LogP) is 3.14. The molecule has 0 aliphatic heterocycles. The first-order valence-corrected chi connectivity index (χ1v) is 9.36. The van der Waals surface area contributed by atoms with E-state index in [0.29, 0.717) is 16.7 Å². The number of aryl methyl sites for hydroxylation is 2. The number of benzene rings is 2. The van der Waals surface area contributed by atoms with E-state index < -0.39 is 0 Å². The van der Waals surface area contributed by atoms with Crippen molar-refractivity contribution in [1.29, 1.82) is 0 Å². The monoisotopic (exact) mass is 392 g/mol. The summed E-state index contributed by atoms with van der Waals surface area (Å²) in [5, 5.41) is 7.79. The molecule has 0 amide bonds. The van der Waals surface area contributed by atoms with Gasteiger partial charge in [0.1, 0.15) is 11.8 Å². The number of anilines is 1. The van der Waals surface area contributed by atoms with Crippen molar-refractivity contribution in [2.24, 2.45) is 0 Å². The first-order valence-electron chi connectivity index (χ1n) is 8.57. The summed E-state index contributed by atoms with van der Waals surface area (Å²) < 4.78 is 5.24. The molecule has 26 heavy (non-hydrogen) atoms. The molecule has 1 atom stereocenters. The number of hydrogen-bond donors (Lipinski definition) is 3. The van der Waals surface area contributed by atoms with Gasteiger partial charge in [0.15, 0.2) is 5.11 Å². The fourth-order valence-electron chi connectivity index (χ4n) is 2.92. The molecular formula is C20H27ClN3OS+. The van der Waals surface area contributed by atoms with Crippen molar-refractivity contribution in [2.45, 2.75) is 19.9 Å². The van der Waals surface area contributed by atoms with Gasteiger partial charge in [0.25, 0.3) is 0 Å². The maximum absolute atomic E-state index is 6.35. The van der Waals surface area contributed by atoms with Gasteiger partial charge in [0.05, 0.1) is 38.5 Å². The molecule has 0 unspecified atom stereocenters. The minimum absolute atomic E-state index is 0.259. The largest absolute Gasteiger partial charge is 0.497 e. The van der Waals surface area contributed by atoms with Gasteiger partial charge in [-0.1, -0.05) is 17.7 Å². The Balaban J connectivity index is 2.03. The minimum Gasteiger partial charge on any atom is -0.497 e. The van der Waals surface area contributed by atoms with Crippen molar-refractivity contribution in [2.75, 3.05) is 33.1 Å². The van der Waals surface area contributed by atoms with Crippen LogP contribution in [0.15, 0.2) is 36.4 Å². The van der Waals surface area contributed by atoms with E-state index >= 15 is 0 Å². The molecule has 2 aromatic rings. The zero-order valence-electron chi connectivity index (χ0n) is 15.9. The molecule has 0 spiro atoms. The van der Waals surface area contributed by atoms with Crippen molar-refractivity contribution in [1.82, 2.24) is 5.32 Å². The van der Waals surface area contributed by atoms with E-state index in [1.165, 1.54) is 10.5 Å². The van der Waals surface area contributed by atoms with Gasteiger partial charge in [-0.15, -0.1) is 0 Å². The Morgan fingerprint density at radius 3 is 2.38 bits per heavy atom. The van der Waals surface area contributed by atoms with E-state index in [1.54, 1.807) is 7.11 Å². The molecule has 2 aromatic carbocycles. The van der Waals surface area contributed by atoms with Crippen molar-refractivity contribution in [3.63, 3.8) is 0 Å². The van der Waals surface area contributed by atoms with Crippen molar-refractivity contribution < 1.29 is 9.64 Å². The average Bonchev–Trinajstić information content (AvgIpc) is 2.58. The predicted molar refractivity (Wildman–Crippen MR) is 114 cm³/mol. The normalized spacial score (nSPS) is 12.0. The van der Waals surface area contributed by atoms with Crippen molar-refractivity contribution in [3.05, 3.63) is 58.1 Å². The summed E-state index contributed by atoms with van der Waals surface area (Å²) in [4.78, 5) is 1.31. The highest BCUT2D eigenvalue weighted by Crippen LogP contribution is 2.27. The van der Waals surface area contributed by atoms with Crippen LogP contribution in [0.25, 0.3) is 0 Å². The molecule has 0 aliphatic carbocycles. The van der Waals surface area contributed by atoms with Gasteiger partial charge in [-0.05, 0) is 67.5 Å². The number of quaternary nitrogens is 1. The summed E-state index contributed by atoms with van der Waals surface area (Å²) in [6, 6.07) is 12.4. The number of nitrogens with one attached hydrogen (secondary N) is 3. The van der Waals surface area contributed by atoms with Crippen LogP contribution in [0.2, 0.25) is 5.02 Å².